The number of carbonyl (C=O) groups is 1. The number of nitrogens with zero attached hydrogens (tertiary/aromatic N) is 3. The van der Waals surface area contributed by atoms with E-state index in [1.54, 1.807) is 9.58 Å². The number of hydrogen-bond acceptors (Lipinski definition) is 3. The third-order valence-electron chi connectivity index (χ3n) is 3.57. The van der Waals surface area contributed by atoms with Crippen molar-refractivity contribution in [3.63, 3.8) is 0 Å². The molecule has 1 atom stereocenters. The lowest BCUT2D eigenvalue weighted by molar-refractivity contribution is 0.155. The topological polar surface area (TPSA) is 47.4 Å². The maximum atomic E-state index is 12.2. The number of carbonyl (C=O) groups excluding carboxylic acids is 1. The molecule has 0 aliphatic carbocycles. The molecule has 1 unspecified atom stereocenters. The lowest BCUT2D eigenvalue weighted by Crippen LogP contribution is -2.44. The van der Waals surface area contributed by atoms with Gasteiger partial charge in [-0.05, 0) is 33.1 Å². The molecule has 1 aliphatic heterocycles. The fourth-order valence-corrected chi connectivity index (χ4v) is 2.71. The Balaban J connectivity index is 2.43. The molecular formula is C13H21N3O2. The van der Waals surface area contributed by atoms with Crippen LogP contribution in [0.15, 0.2) is 0 Å². The van der Waals surface area contributed by atoms with E-state index in [-0.39, 0.29) is 12.1 Å². The molecule has 0 bridgehead atoms. The summed E-state index contributed by atoms with van der Waals surface area (Å²) >= 11 is 0. The van der Waals surface area contributed by atoms with Crippen LogP contribution in [0.25, 0.3) is 0 Å². The molecule has 100 valence electrons. The standard InChI is InChI=1S/C13H21N3O2/c1-5-10-7-8-11-9(3)14-15(4)12(11)16(10)13(17)18-6-2/h10H,5-8H2,1-4H3. The van der Waals surface area contributed by atoms with Crippen LogP contribution in [0.4, 0.5) is 10.6 Å². The third kappa shape index (κ3) is 1.98. The highest BCUT2D eigenvalue weighted by Gasteiger charge is 2.34. The Morgan fingerprint density at radius 3 is 2.83 bits per heavy atom. The van der Waals surface area contributed by atoms with Crippen LogP contribution in [-0.4, -0.2) is 28.5 Å². The highest BCUT2D eigenvalue weighted by atomic mass is 16.6. The molecule has 5 heteroatoms. The number of aromatic nitrogens is 2. The molecule has 0 saturated carbocycles. The summed E-state index contributed by atoms with van der Waals surface area (Å²) in [6.45, 7) is 6.33. The molecule has 0 radical (unpaired) electrons. The van der Waals surface area contributed by atoms with Gasteiger partial charge in [-0.3, -0.25) is 9.58 Å². The van der Waals surface area contributed by atoms with Crippen molar-refractivity contribution < 1.29 is 9.53 Å². The molecule has 1 aromatic rings. The highest BCUT2D eigenvalue weighted by Crippen LogP contribution is 2.33. The van der Waals surface area contributed by atoms with E-state index in [0.29, 0.717) is 6.61 Å². The zero-order valence-corrected chi connectivity index (χ0v) is 11.6. The van der Waals surface area contributed by atoms with Gasteiger partial charge in [-0.2, -0.15) is 5.10 Å². The Kier molecular flexibility index (Phi) is 3.59. The number of hydrogen-bond donors (Lipinski definition) is 0. The van der Waals surface area contributed by atoms with Crippen LogP contribution < -0.4 is 4.90 Å². The van der Waals surface area contributed by atoms with Gasteiger partial charge in [0.15, 0.2) is 0 Å². The smallest absolute Gasteiger partial charge is 0.415 e. The zero-order valence-electron chi connectivity index (χ0n) is 11.6. The summed E-state index contributed by atoms with van der Waals surface area (Å²) in [6.07, 6.45) is 2.65. The average molecular weight is 251 g/mol. The molecule has 0 spiro atoms. The number of amides is 1. The van der Waals surface area contributed by atoms with Crippen LogP contribution in [0.3, 0.4) is 0 Å². The Labute approximate surface area is 108 Å². The van der Waals surface area contributed by atoms with Crippen LogP contribution in [0.1, 0.15) is 37.9 Å². The van der Waals surface area contributed by atoms with Crippen molar-refractivity contribution in [3.05, 3.63) is 11.3 Å². The molecule has 0 saturated heterocycles. The largest absolute Gasteiger partial charge is 0.449 e. The first-order chi connectivity index (χ1) is 8.60. The van der Waals surface area contributed by atoms with Gasteiger partial charge in [0.2, 0.25) is 0 Å². The van der Waals surface area contributed by atoms with E-state index >= 15 is 0 Å². The first-order valence-electron chi connectivity index (χ1n) is 6.58. The van der Waals surface area contributed by atoms with Gasteiger partial charge in [-0.25, -0.2) is 4.79 Å². The predicted molar refractivity (Wildman–Crippen MR) is 69.8 cm³/mol. The van der Waals surface area contributed by atoms with Gasteiger partial charge in [0.05, 0.1) is 12.3 Å². The summed E-state index contributed by atoms with van der Waals surface area (Å²) in [6, 6.07) is 0.214. The van der Waals surface area contributed by atoms with Crippen LogP contribution in [0, 0.1) is 6.92 Å². The maximum Gasteiger partial charge on any atom is 0.415 e. The van der Waals surface area contributed by atoms with Gasteiger partial charge < -0.3 is 4.74 Å². The maximum absolute atomic E-state index is 12.2. The van der Waals surface area contributed by atoms with Crippen molar-refractivity contribution in [2.24, 2.45) is 7.05 Å². The van der Waals surface area contributed by atoms with E-state index in [2.05, 4.69) is 12.0 Å². The summed E-state index contributed by atoms with van der Waals surface area (Å²) < 4.78 is 6.98. The van der Waals surface area contributed by atoms with Gasteiger partial charge in [0, 0.05) is 18.7 Å². The quantitative estimate of drug-likeness (QED) is 0.811. The molecule has 2 heterocycles. The Hall–Kier alpha value is -1.52. The van der Waals surface area contributed by atoms with Crippen LogP contribution >= 0.6 is 0 Å². The second kappa shape index (κ2) is 5.00. The number of rotatable bonds is 2. The monoisotopic (exact) mass is 251 g/mol. The summed E-state index contributed by atoms with van der Waals surface area (Å²) in [5, 5.41) is 4.42. The fraction of sp³-hybridized carbons (Fsp3) is 0.692. The van der Waals surface area contributed by atoms with Crippen molar-refractivity contribution in [2.45, 2.75) is 46.1 Å². The van der Waals surface area contributed by atoms with Crippen molar-refractivity contribution >= 4 is 11.9 Å². The molecule has 1 aliphatic rings. The molecule has 0 aromatic carbocycles. The summed E-state index contributed by atoms with van der Waals surface area (Å²) in [5.74, 6) is 0.907. The van der Waals surface area contributed by atoms with Crippen molar-refractivity contribution in [1.82, 2.24) is 9.78 Å². The fourth-order valence-electron chi connectivity index (χ4n) is 2.71. The summed E-state index contributed by atoms with van der Waals surface area (Å²) in [7, 11) is 1.89. The van der Waals surface area contributed by atoms with E-state index in [0.717, 1.165) is 30.8 Å². The zero-order chi connectivity index (χ0) is 13.3. The first kappa shape index (κ1) is 12.9. The van der Waals surface area contributed by atoms with E-state index in [9.17, 15) is 4.79 Å². The van der Waals surface area contributed by atoms with Gasteiger partial charge >= 0.3 is 6.09 Å². The lowest BCUT2D eigenvalue weighted by Gasteiger charge is -2.34. The highest BCUT2D eigenvalue weighted by molar-refractivity contribution is 5.89. The summed E-state index contributed by atoms with van der Waals surface area (Å²) in [4.78, 5) is 13.9. The van der Waals surface area contributed by atoms with E-state index in [4.69, 9.17) is 4.74 Å². The third-order valence-corrected chi connectivity index (χ3v) is 3.57. The van der Waals surface area contributed by atoms with Crippen LogP contribution in [0.5, 0.6) is 0 Å². The Morgan fingerprint density at radius 2 is 2.22 bits per heavy atom. The van der Waals surface area contributed by atoms with Crippen molar-refractivity contribution in [2.75, 3.05) is 11.5 Å². The van der Waals surface area contributed by atoms with Gasteiger partial charge in [-0.15, -0.1) is 0 Å². The SMILES string of the molecule is CCOC(=O)N1c2c(c(C)nn2C)CCC1CC. The van der Waals surface area contributed by atoms with Crippen molar-refractivity contribution in [3.8, 4) is 0 Å². The second-order valence-electron chi connectivity index (χ2n) is 4.68. The number of ether oxygens (including phenoxy) is 1. The van der Waals surface area contributed by atoms with Crippen molar-refractivity contribution in [1.29, 1.82) is 0 Å². The van der Waals surface area contributed by atoms with Crippen LogP contribution in [0.2, 0.25) is 0 Å². The minimum absolute atomic E-state index is 0.214. The molecule has 1 aromatic heterocycles. The number of anilines is 1. The minimum atomic E-state index is -0.256. The minimum Gasteiger partial charge on any atom is -0.449 e. The number of aryl methyl sites for hydroxylation is 2. The molecule has 2 rings (SSSR count). The molecule has 5 nitrogen and oxygen atoms in total. The second-order valence-corrected chi connectivity index (χ2v) is 4.68. The first-order valence-corrected chi connectivity index (χ1v) is 6.58. The normalized spacial score (nSPS) is 18.7. The summed E-state index contributed by atoms with van der Waals surface area (Å²) in [5.41, 5.74) is 2.19. The molecule has 0 N–H and O–H groups in total. The molecular weight excluding hydrogens is 230 g/mol. The van der Waals surface area contributed by atoms with Gasteiger partial charge in [-0.1, -0.05) is 6.92 Å². The van der Waals surface area contributed by atoms with Gasteiger partial charge in [0.1, 0.15) is 5.82 Å². The predicted octanol–water partition coefficient (Wildman–Crippen LogP) is 2.42. The molecule has 1 amide bonds. The molecule has 0 fully saturated rings. The van der Waals surface area contributed by atoms with E-state index in [1.807, 2.05) is 20.9 Å². The van der Waals surface area contributed by atoms with Gasteiger partial charge in [0.25, 0.3) is 0 Å². The Bertz CT molecular complexity index is 453. The van der Waals surface area contributed by atoms with Crippen LogP contribution in [-0.2, 0) is 18.2 Å². The van der Waals surface area contributed by atoms with E-state index < -0.39 is 0 Å². The Morgan fingerprint density at radius 1 is 1.50 bits per heavy atom. The molecule has 18 heavy (non-hydrogen) atoms. The average Bonchev–Trinajstić information content (AvgIpc) is 2.64. The number of fused-ring (bicyclic) bond motifs is 1. The lowest BCUT2D eigenvalue weighted by atomic mass is 9.97. The van der Waals surface area contributed by atoms with E-state index in [1.165, 1.54) is 5.56 Å².